The Morgan fingerprint density at radius 3 is 2.71 bits per heavy atom. The second-order valence-corrected chi connectivity index (χ2v) is 3.51. The number of hydrogen-bond donors (Lipinski definition) is 1. The van der Waals surface area contributed by atoms with Crippen molar-refractivity contribution in [3.8, 4) is 0 Å². The van der Waals surface area contributed by atoms with Gasteiger partial charge in [0.1, 0.15) is 0 Å². The number of ether oxygens (including phenoxy) is 1. The summed E-state index contributed by atoms with van der Waals surface area (Å²) in [4.78, 5) is 24.5. The molecule has 0 spiro atoms. The van der Waals surface area contributed by atoms with E-state index in [4.69, 9.17) is 11.6 Å². The normalized spacial score (nSPS) is 10.6. The standard InChI is InChI=1S/C10H10ClF2NO3/c1-17-8(16)3-6-9(10(12)13)5(4-11)2-7(15)14-6/h2,10H,3-4H2,1H3,(H,14,15). The summed E-state index contributed by atoms with van der Waals surface area (Å²) in [5.74, 6) is -0.938. The van der Waals surface area contributed by atoms with Crippen molar-refractivity contribution in [2.45, 2.75) is 18.7 Å². The smallest absolute Gasteiger partial charge is 0.311 e. The Kier molecular flexibility index (Phi) is 4.62. The zero-order chi connectivity index (χ0) is 13.0. The number of nitrogens with one attached hydrogen (secondary N) is 1. The van der Waals surface area contributed by atoms with Crippen LogP contribution < -0.4 is 5.56 Å². The topological polar surface area (TPSA) is 59.2 Å². The molecule has 1 rings (SSSR count). The Morgan fingerprint density at radius 1 is 1.59 bits per heavy atom. The summed E-state index contributed by atoms with van der Waals surface area (Å²) in [6.07, 6.45) is -3.24. The van der Waals surface area contributed by atoms with Crippen LogP contribution in [0, 0.1) is 0 Å². The van der Waals surface area contributed by atoms with Crippen LogP contribution in [0.5, 0.6) is 0 Å². The molecule has 0 aliphatic rings. The number of aromatic nitrogens is 1. The highest BCUT2D eigenvalue weighted by Gasteiger charge is 2.20. The first-order valence-corrected chi connectivity index (χ1v) is 5.19. The number of rotatable bonds is 4. The van der Waals surface area contributed by atoms with E-state index in [1.807, 2.05) is 0 Å². The predicted octanol–water partition coefficient (Wildman–Crippen LogP) is 1.77. The number of carbonyl (C=O) groups excluding carboxylic acids is 1. The van der Waals surface area contributed by atoms with Gasteiger partial charge in [0.25, 0.3) is 6.43 Å². The van der Waals surface area contributed by atoms with Gasteiger partial charge >= 0.3 is 5.97 Å². The van der Waals surface area contributed by atoms with Crippen LogP contribution in [0.25, 0.3) is 0 Å². The lowest BCUT2D eigenvalue weighted by Gasteiger charge is -2.11. The van der Waals surface area contributed by atoms with Crippen LogP contribution in [0.2, 0.25) is 0 Å². The van der Waals surface area contributed by atoms with E-state index >= 15 is 0 Å². The monoisotopic (exact) mass is 265 g/mol. The Bertz CT molecular complexity index is 473. The van der Waals surface area contributed by atoms with E-state index in [9.17, 15) is 18.4 Å². The number of H-pyrrole nitrogens is 1. The molecule has 0 aromatic carbocycles. The molecule has 0 saturated carbocycles. The van der Waals surface area contributed by atoms with Gasteiger partial charge in [0.05, 0.1) is 13.5 Å². The largest absolute Gasteiger partial charge is 0.469 e. The highest BCUT2D eigenvalue weighted by molar-refractivity contribution is 6.17. The maximum Gasteiger partial charge on any atom is 0.311 e. The van der Waals surface area contributed by atoms with E-state index in [1.165, 1.54) is 0 Å². The average molecular weight is 266 g/mol. The molecule has 1 heterocycles. The maximum absolute atomic E-state index is 12.8. The minimum absolute atomic E-state index is 0.0179. The number of pyridine rings is 1. The number of halogens is 3. The number of esters is 1. The molecule has 0 aliphatic carbocycles. The van der Waals surface area contributed by atoms with Crippen molar-refractivity contribution in [2.75, 3.05) is 7.11 Å². The fourth-order valence-corrected chi connectivity index (χ4v) is 1.64. The van der Waals surface area contributed by atoms with Gasteiger partial charge in [-0.3, -0.25) is 9.59 Å². The van der Waals surface area contributed by atoms with Crippen molar-refractivity contribution in [1.82, 2.24) is 4.98 Å². The van der Waals surface area contributed by atoms with Crippen molar-refractivity contribution in [3.63, 3.8) is 0 Å². The summed E-state index contributed by atoms with van der Waals surface area (Å²) >= 11 is 5.49. The third kappa shape index (κ3) is 3.26. The van der Waals surface area contributed by atoms with Crippen LogP contribution in [0.3, 0.4) is 0 Å². The highest BCUT2D eigenvalue weighted by Crippen LogP contribution is 2.26. The van der Waals surface area contributed by atoms with Crippen LogP contribution in [-0.4, -0.2) is 18.1 Å². The van der Waals surface area contributed by atoms with Crippen molar-refractivity contribution >= 4 is 17.6 Å². The summed E-state index contributed by atoms with van der Waals surface area (Å²) in [5.41, 5.74) is -1.13. The third-order valence-corrected chi connectivity index (χ3v) is 2.45. The molecule has 1 N–H and O–H groups in total. The quantitative estimate of drug-likeness (QED) is 0.667. The van der Waals surface area contributed by atoms with Crippen molar-refractivity contribution in [2.24, 2.45) is 0 Å². The first-order valence-electron chi connectivity index (χ1n) is 4.65. The molecule has 17 heavy (non-hydrogen) atoms. The molecular formula is C10H10ClF2NO3. The fourth-order valence-electron chi connectivity index (χ4n) is 1.42. The molecule has 0 radical (unpaired) electrons. The van der Waals surface area contributed by atoms with E-state index in [-0.39, 0.29) is 17.1 Å². The molecule has 0 amide bonds. The van der Waals surface area contributed by atoms with Crippen LogP contribution >= 0.6 is 11.6 Å². The van der Waals surface area contributed by atoms with Crippen molar-refractivity contribution in [1.29, 1.82) is 0 Å². The number of alkyl halides is 3. The molecule has 0 aliphatic heterocycles. The Morgan fingerprint density at radius 2 is 2.24 bits per heavy atom. The average Bonchev–Trinajstić information content (AvgIpc) is 2.27. The van der Waals surface area contributed by atoms with Crippen molar-refractivity contribution < 1.29 is 18.3 Å². The summed E-state index contributed by atoms with van der Waals surface area (Å²) in [6, 6.07) is 0.995. The third-order valence-electron chi connectivity index (χ3n) is 2.16. The molecule has 4 nitrogen and oxygen atoms in total. The minimum Gasteiger partial charge on any atom is -0.469 e. The van der Waals surface area contributed by atoms with Gasteiger partial charge in [-0.2, -0.15) is 0 Å². The summed E-state index contributed by atoms with van der Waals surface area (Å²) in [6.45, 7) is 0. The lowest BCUT2D eigenvalue weighted by molar-refractivity contribution is -0.139. The zero-order valence-corrected chi connectivity index (χ0v) is 9.68. The molecule has 0 fully saturated rings. The van der Waals surface area contributed by atoms with Gasteiger partial charge in [0, 0.05) is 23.2 Å². The number of carbonyl (C=O) groups is 1. The molecule has 1 aromatic rings. The van der Waals surface area contributed by atoms with Gasteiger partial charge in [0.2, 0.25) is 5.56 Å². The molecule has 0 unspecified atom stereocenters. The Labute approximate surface area is 101 Å². The van der Waals surface area contributed by atoms with Gasteiger partial charge in [-0.05, 0) is 5.56 Å². The van der Waals surface area contributed by atoms with Crippen LogP contribution in [0.1, 0.15) is 23.2 Å². The number of aromatic amines is 1. The van der Waals surface area contributed by atoms with E-state index in [2.05, 4.69) is 9.72 Å². The summed E-state index contributed by atoms with van der Waals surface area (Å²) < 4.78 is 30.0. The van der Waals surface area contributed by atoms with Crippen LogP contribution in [0.15, 0.2) is 10.9 Å². The molecular weight excluding hydrogens is 256 g/mol. The van der Waals surface area contributed by atoms with Crippen molar-refractivity contribution in [3.05, 3.63) is 33.2 Å². The van der Waals surface area contributed by atoms with E-state index in [0.717, 1.165) is 13.2 Å². The van der Waals surface area contributed by atoms with Crippen LogP contribution in [-0.2, 0) is 21.8 Å². The predicted molar refractivity (Wildman–Crippen MR) is 57.3 cm³/mol. The fraction of sp³-hybridized carbons (Fsp3) is 0.400. The number of hydrogen-bond acceptors (Lipinski definition) is 3. The van der Waals surface area contributed by atoms with E-state index in [1.54, 1.807) is 0 Å². The van der Waals surface area contributed by atoms with Gasteiger partial charge in [-0.25, -0.2) is 8.78 Å². The Hall–Kier alpha value is -1.43. The van der Waals surface area contributed by atoms with E-state index < -0.39 is 29.9 Å². The maximum atomic E-state index is 12.8. The highest BCUT2D eigenvalue weighted by atomic mass is 35.5. The first kappa shape index (κ1) is 13.6. The lowest BCUT2D eigenvalue weighted by atomic mass is 10.1. The molecule has 7 heteroatoms. The molecule has 0 bridgehead atoms. The second-order valence-electron chi connectivity index (χ2n) is 3.24. The van der Waals surface area contributed by atoms with Gasteiger partial charge in [-0.15, -0.1) is 11.6 Å². The molecule has 94 valence electrons. The Balaban J connectivity index is 3.30. The first-order chi connectivity index (χ1) is 7.99. The van der Waals surface area contributed by atoms with E-state index in [0.29, 0.717) is 0 Å². The van der Waals surface area contributed by atoms with Gasteiger partial charge in [0.15, 0.2) is 0 Å². The summed E-state index contributed by atoms with van der Waals surface area (Å²) in [5, 5.41) is 0. The lowest BCUT2D eigenvalue weighted by Crippen LogP contribution is -2.17. The molecule has 1 aromatic heterocycles. The van der Waals surface area contributed by atoms with Crippen LogP contribution in [0.4, 0.5) is 8.78 Å². The molecule has 0 saturated heterocycles. The SMILES string of the molecule is COC(=O)Cc1[nH]c(=O)cc(CCl)c1C(F)F. The second kappa shape index (κ2) is 5.77. The van der Waals surface area contributed by atoms with Gasteiger partial charge in [-0.1, -0.05) is 0 Å². The number of methoxy groups -OCH3 is 1. The summed E-state index contributed by atoms with van der Waals surface area (Å²) in [7, 11) is 1.13. The zero-order valence-electron chi connectivity index (χ0n) is 8.93. The van der Waals surface area contributed by atoms with Gasteiger partial charge < -0.3 is 9.72 Å². The molecule has 0 atom stereocenters. The minimum atomic E-state index is -2.82.